The van der Waals surface area contributed by atoms with Crippen molar-refractivity contribution >= 4 is 127 Å². The molecule has 0 unspecified atom stereocenters. The first-order valence-electron chi connectivity index (χ1n) is 31.0. The Bertz CT molecular complexity index is 5550. The van der Waals surface area contributed by atoms with Gasteiger partial charge < -0.3 is 36.5 Å². The number of fused-ring (bicyclic) bond motifs is 4. The number of para-hydroxylation sites is 2. The topological polar surface area (TPSA) is 233 Å². The van der Waals surface area contributed by atoms with E-state index in [0.717, 1.165) is 26.6 Å². The van der Waals surface area contributed by atoms with Gasteiger partial charge in [0.15, 0.2) is 11.6 Å². The smallest absolute Gasteiger partial charge is 0.494 e. The number of aromatic nitrogens is 2. The van der Waals surface area contributed by atoms with Gasteiger partial charge in [0.25, 0.3) is 0 Å². The van der Waals surface area contributed by atoms with Crippen LogP contribution in [0, 0.1) is 24.8 Å². The number of carbonyl (C=O) groups is 2. The second-order valence-electron chi connectivity index (χ2n) is 24.3. The molecule has 13 rings (SSSR count). The first kappa shape index (κ1) is 70.8. The van der Waals surface area contributed by atoms with E-state index in [1.54, 1.807) is 99.8 Å². The van der Waals surface area contributed by atoms with Crippen molar-refractivity contribution in [3.8, 4) is 68.2 Å². The van der Waals surface area contributed by atoms with Crippen LogP contribution in [0.2, 0.25) is 0 Å². The molecule has 100 heavy (non-hydrogen) atoms. The van der Waals surface area contributed by atoms with E-state index in [-0.39, 0.29) is 36.1 Å². The number of hydrogen-bond donors (Lipinski definition) is 0. The highest BCUT2D eigenvalue weighted by molar-refractivity contribution is 9.10. The van der Waals surface area contributed by atoms with Crippen LogP contribution >= 0.6 is 15.9 Å². The highest BCUT2D eigenvalue weighted by atomic mass is 79.9. The van der Waals surface area contributed by atoms with Crippen molar-refractivity contribution in [2.24, 2.45) is 0 Å². The molecule has 0 spiro atoms. The summed E-state index contributed by atoms with van der Waals surface area (Å²) >= 11 is 3.38. The molecule has 510 valence electrons. The fraction of sp³-hybridized carbons (Fsp3) is 0.216. The van der Waals surface area contributed by atoms with Crippen LogP contribution in [0.15, 0.2) is 168 Å². The third-order valence-electron chi connectivity index (χ3n) is 17.4. The second-order valence-corrected chi connectivity index (χ2v) is 29.2. The zero-order valence-corrected chi connectivity index (χ0v) is 59.4. The Morgan fingerprint density at radius 1 is 0.550 bits per heavy atom. The minimum atomic E-state index is -3.74. The van der Waals surface area contributed by atoms with Gasteiger partial charge in [0, 0.05) is 71.0 Å². The molecule has 12 aromatic rings. The number of oxazole rings is 2. The number of ether oxygens (including phenoxy) is 2. The van der Waals surface area contributed by atoms with Crippen molar-refractivity contribution in [3.05, 3.63) is 196 Å². The molecule has 1 saturated heterocycles. The van der Waals surface area contributed by atoms with E-state index in [1.165, 1.54) is 69.7 Å². The number of nitrogens with zero attached hydrogens (tertiary/aromatic N) is 6. The highest BCUT2D eigenvalue weighted by Gasteiger charge is 2.52. The van der Waals surface area contributed by atoms with Gasteiger partial charge in [0.05, 0.1) is 84.7 Å². The molecule has 0 bridgehead atoms. The lowest BCUT2D eigenvalue weighted by molar-refractivity contribution is 0.00578. The monoisotopic (exact) mass is 1450 g/mol. The van der Waals surface area contributed by atoms with E-state index in [0.29, 0.717) is 139 Å². The minimum Gasteiger partial charge on any atom is -0.496 e. The Morgan fingerprint density at radius 2 is 0.970 bits per heavy atom. The maximum Gasteiger partial charge on any atom is 0.494 e. The number of ketones is 2. The quantitative estimate of drug-likeness (QED) is 0.0497. The van der Waals surface area contributed by atoms with Crippen LogP contribution in [0.1, 0.15) is 75.1 Å². The van der Waals surface area contributed by atoms with E-state index >= 15 is 0 Å². The normalized spacial score (nSPS) is 13.3. The Hall–Kier alpha value is -10.5. The summed E-state index contributed by atoms with van der Waals surface area (Å²) in [6.45, 7) is 26.4. The van der Waals surface area contributed by atoms with Crippen molar-refractivity contribution in [3.63, 3.8) is 0 Å². The molecule has 26 heteroatoms. The summed E-state index contributed by atoms with van der Waals surface area (Å²) in [6, 6.07) is 39.1. The van der Waals surface area contributed by atoms with E-state index < -0.39 is 50.0 Å². The number of anilines is 2. The lowest BCUT2D eigenvalue weighted by Crippen LogP contribution is -2.41. The molecule has 1 aliphatic heterocycles. The number of furan rings is 2. The minimum absolute atomic E-state index is 0.121. The summed E-state index contributed by atoms with van der Waals surface area (Å²) in [6.07, 6.45) is 2.64. The van der Waals surface area contributed by atoms with Crippen molar-refractivity contribution in [2.45, 2.75) is 65.6 Å². The van der Waals surface area contributed by atoms with Crippen molar-refractivity contribution in [1.29, 1.82) is 0 Å². The Kier molecular flexibility index (Phi) is 19.6. The molecule has 1 fully saturated rings. The molecule has 0 aliphatic carbocycles. The molecule has 0 saturated carbocycles. The lowest BCUT2D eigenvalue weighted by Gasteiger charge is -2.32. The Balaban J connectivity index is 0.000000159. The Morgan fingerprint density at radius 3 is 1.41 bits per heavy atom. The Labute approximate surface area is 584 Å². The average molecular weight is 1450 g/mol. The van der Waals surface area contributed by atoms with Crippen LogP contribution in [0.4, 0.5) is 31.5 Å². The van der Waals surface area contributed by atoms with Gasteiger partial charge in [0.2, 0.25) is 43.2 Å². The second kappa shape index (κ2) is 27.7. The van der Waals surface area contributed by atoms with Gasteiger partial charge in [-0.25, -0.2) is 45.3 Å². The van der Waals surface area contributed by atoms with Crippen LogP contribution in [-0.4, -0.2) is 97.5 Å². The molecule has 5 heterocycles. The van der Waals surface area contributed by atoms with Crippen LogP contribution in [0.5, 0.6) is 11.5 Å². The zero-order chi connectivity index (χ0) is 72.1. The molecule has 20 nitrogen and oxygen atoms in total. The summed E-state index contributed by atoms with van der Waals surface area (Å²) in [7, 11) is -1.75. The molecule has 4 aromatic heterocycles. The SMILES string of the molecule is CCC(=O)c1c(-c2ccc(F)cc2)oc2cc(N(C)S(C)(=O)=O)c(Br)cc12.[C-]#[N+]c1cccc2oc(-c3cc(-c4cc5c(C(=O)CC)c(-c6ccc(F)cc6)oc5cc4N(C)S(C)(=O)=O)ccc3OC)nc12.[C-]#[N+]c1cccc2oc(-c3cc(B4OC(C)(C)C(C)(C)O4)ccc3OC)nc12. The predicted molar refractivity (Wildman–Crippen MR) is 386 cm³/mol. The molecule has 0 amide bonds. The maximum atomic E-state index is 13.7. The van der Waals surface area contributed by atoms with Gasteiger partial charge in [0.1, 0.15) is 68.0 Å². The molecular formula is C74H64BBrF2N6O14S2. The molecule has 0 radical (unpaired) electrons. The van der Waals surface area contributed by atoms with Crippen LogP contribution in [0.3, 0.4) is 0 Å². The fourth-order valence-corrected chi connectivity index (χ4v) is 12.9. The first-order valence-corrected chi connectivity index (χ1v) is 35.5. The summed E-state index contributed by atoms with van der Waals surface area (Å²) in [5.41, 5.74) is 8.06. The largest absolute Gasteiger partial charge is 0.496 e. The number of benzene rings is 8. The van der Waals surface area contributed by atoms with E-state index in [9.17, 15) is 35.2 Å². The third kappa shape index (κ3) is 13.7. The number of sulfonamides is 2. The third-order valence-corrected chi connectivity index (χ3v) is 20.4. The van der Waals surface area contributed by atoms with E-state index in [2.05, 4.69) is 35.6 Å². The summed E-state index contributed by atoms with van der Waals surface area (Å²) < 4.78 is 127. The maximum absolute atomic E-state index is 13.7. The predicted octanol–water partition coefficient (Wildman–Crippen LogP) is 17.6. The number of carbonyl (C=O) groups excluding carboxylic acids is 2. The number of halogens is 3. The van der Waals surface area contributed by atoms with Crippen LogP contribution in [0.25, 0.3) is 111 Å². The lowest BCUT2D eigenvalue weighted by atomic mass is 9.78. The number of methoxy groups -OCH3 is 2. The zero-order valence-electron chi connectivity index (χ0n) is 56.2. The van der Waals surface area contributed by atoms with Gasteiger partial charge in [-0.15, -0.1) is 0 Å². The molecular weight excluding hydrogens is 1390 g/mol. The molecule has 0 N–H and O–H groups in total. The highest BCUT2D eigenvalue weighted by Crippen LogP contribution is 2.46. The van der Waals surface area contributed by atoms with Crippen LogP contribution in [-0.2, 0) is 29.4 Å². The average Bonchev–Trinajstić information content (AvgIpc) is 1.56. The fourth-order valence-electron chi connectivity index (χ4n) is 11.2. The van der Waals surface area contributed by atoms with Gasteiger partial charge >= 0.3 is 7.12 Å². The van der Waals surface area contributed by atoms with Gasteiger partial charge in [-0.1, -0.05) is 50.2 Å². The van der Waals surface area contributed by atoms with Crippen molar-refractivity contribution in [2.75, 3.05) is 49.4 Å². The summed E-state index contributed by atoms with van der Waals surface area (Å²) in [5, 5.41) is 1.04. The number of Topliss-reactive ketones (excluding diaryl/α,β-unsaturated/α-hetero) is 2. The molecule has 8 aromatic carbocycles. The van der Waals surface area contributed by atoms with Gasteiger partial charge in [-0.2, -0.15) is 0 Å². The number of hydrogen-bond acceptors (Lipinski definition) is 16. The molecule has 1 aliphatic rings. The first-order chi connectivity index (χ1) is 47.4. The number of rotatable bonds is 16. The van der Waals surface area contributed by atoms with Crippen molar-refractivity contribution in [1.82, 2.24) is 9.97 Å². The van der Waals surface area contributed by atoms with E-state index in [1.807, 2.05) is 45.9 Å². The van der Waals surface area contributed by atoms with E-state index in [4.69, 9.17) is 49.6 Å². The standard InChI is InChI=1S/C34H26FN3O6S.C21H21BN2O4.C19H17BrFNO4S/c1-6-27(39)31-23-17-22(26(38(3)45(5,40)41)18-30(23)43-33(31)19-10-13-21(35)14-11-19)20-12-15-28(42-4)24(16-20)34-37-32-25(36-2)8-7-9-29(32)44-34;1-20(2)21(3,4)28-22(27-20)13-10-11-16(25-6)14(12-13)19-24-18-15(23-5)8-7-9-17(18)26-19;1-4-16(23)18-13-9-14(20)15(22(2)27(3,24)25)10-17(13)26-19(18)11-5-7-12(21)8-6-11/h7-18H,6H2,1,3-5H3;7-12H,1-4,6H3;5-10H,4H2,1-3H3. The molecule has 0 atom stereocenters. The summed E-state index contributed by atoms with van der Waals surface area (Å²) in [5.74, 6) is 1.13. The van der Waals surface area contributed by atoms with Crippen LogP contribution < -0.4 is 23.5 Å². The van der Waals surface area contributed by atoms with Gasteiger partial charge in [-0.3, -0.25) is 18.2 Å². The van der Waals surface area contributed by atoms with Crippen molar-refractivity contribution < 1.29 is 71.7 Å². The van der Waals surface area contributed by atoms with Gasteiger partial charge in [-0.05, 0) is 152 Å². The summed E-state index contributed by atoms with van der Waals surface area (Å²) in [4.78, 5) is 42.1.